The van der Waals surface area contributed by atoms with Gasteiger partial charge < -0.3 is 10.6 Å². The molecule has 2 N–H and O–H groups in total. The topological polar surface area (TPSA) is 55.0 Å². The van der Waals surface area contributed by atoms with Gasteiger partial charge in [0.15, 0.2) is 0 Å². The number of hydrogen-bond acceptors (Lipinski definition) is 4. The van der Waals surface area contributed by atoms with Gasteiger partial charge >= 0.3 is 0 Å². The van der Waals surface area contributed by atoms with Crippen molar-refractivity contribution in [3.05, 3.63) is 48.7 Å². The van der Waals surface area contributed by atoms with Gasteiger partial charge in [-0.3, -0.25) is 0 Å². The average Bonchev–Trinajstić information content (AvgIpc) is 2.42. The summed E-state index contributed by atoms with van der Waals surface area (Å²) in [6.45, 7) is 1.34. The number of halogens is 1. The van der Waals surface area contributed by atoms with Crippen molar-refractivity contribution in [2.24, 2.45) is 5.73 Å². The Morgan fingerprint density at radius 3 is 2.56 bits per heavy atom. The zero-order chi connectivity index (χ0) is 12.8. The second kappa shape index (κ2) is 6.07. The molecule has 4 nitrogen and oxygen atoms in total. The highest BCUT2D eigenvalue weighted by atomic mass is 19.1. The van der Waals surface area contributed by atoms with Crippen LogP contribution in [0, 0.1) is 5.82 Å². The molecule has 0 aliphatic rings. The van der Waals surface area contributed by atoms with Crippen LogP contribution in [0.15, 0.2) is 42.9 Å². The Balaban J connectivity index is 2.27. The van der Waals surface area contributed by atoms with Gasteiger partial charge in [-0.15, -0.1) is 0 Å². The fourth-order valence-corrected chi connectivity index (χ4v) is 1.69. The van der Waals surface area contributed by atoms with Crippen LogP contribution in [-0.2, 0) is 0 Å². The Labute approximate surface area is 105 Å². The van der Waals surface area contributed by atoms with Gasteiger partial charge in [0.2, 0.25) is 0 Å². The van der Waals surface area contributed by atoms with E-state index in [1.54, 1.807) is 18.3 Å². The fourth-order valence-electron chi connectivity index (χ4n) is 1.69. The van der Waals surface area contributed by atoms with Gasteiger partial charge in [-0.2, -0.15) is 0 Å². The van der Waals surface area contributed by atoms with Crippen LogP contribution in [0.25, 0.3) is 0 Å². The molecule has 0 fully saturated rings. The predicted molar refractivity (Wildman–Crippen MR) is 69.1 cm³/mol. The summed E-state index contributed by atoms with van der Waals surface area (Å²) in [6.07, 6.45) is 4.01. The van der Waals surface area contributed by atoms with Crippen molar-refractivity contribution in [1.82, 2.24) is 9.97 Å². The van der Waals surface area contributed by atoms with Crippen LogP contribution in [-0.4, -0.2) is 23.1 Å². The van der Waals surface area contributed by atoms with Crippen LogP contribution in [0.2, 0.25) is 0 Å². The van der Waals surface area contributed by atoms with Crippen molar-refractivity contribution < 1.29 is 4.39 Å². The van der Waals surface area contributed by atoms with E-state index in [-0.39, 0.29) is 5.82 Å². The zero-order valence-electron chi connectivity index (χ0n) is 9.96. The smallest absolute Gasteiger partial charge is 0.136 e. The number of aromatic nitrogens is 2. The molecule has 94 valence electrons. The first-order chi connectivity index (χ1) is 8.81. The number of nitrogens with zero attached hydrogens (tertiary/aromatic N) is 3. The molecular weight excluding hydrogens is 231 g/mol. The molecule has 0 radical (unpaired) electrons. The Hall–Kier alpha value is -2.01. The number of anilines is 2. The van der Waals surface area contributed by atoms with E-state index in [0.29, 0.717) is 6.54 Å². The number of nitrogens with two attached hydrogens (primary N) is 1. The van der Waals surface area contributed by atoms with Gasteiger partial charge in [0.25, 0.3) is 0 Å². The number of rotatable bonds is 5. The van der Waals surface area contributed by atoms with Crippen LogP contribution >= 0.6 is 0 Å². The molecule has 0 spiro atoms. The van der Waals surface area contributed by atoms with Crippen LogP contribution in [0.4, 0.5) is 15.9 Å². The Morgan fingerprint density at radius 1 is 1.17 bits per heavy atom. The third-order valence-electron chi connectivity index (χ3n) is 2.57. The van der Waals surface area contributed by atoms with Gasteiger partial charge in [-0.25, -0.2) is 14.4 Å². The summed E-state index contributed by atoms with van der Waals surface area (Å²) in [4.78, 5) is 10.1. The minimum Gasteiger partial charge on any atom is -0.330 e. The van der Waals surface area contributed by atoms with Crippen molar-refractivity contribution in [2.45, 2.75) is 6.42 Å². The van der Waals surface area contributed by atoms with Crippen molar-refractivity contribution >= 4 is 11.5 Å². The summed E-state index contributed by atoms with van der Waals surface area (Å²) in [5.74, 6) is 0.533. The zero-order valence-corrected chi connectivity index (χ0v) is 9.96. The van der Waals surface area contributed by atoms with Gasteiger partial charge in [0, 0.05) is 18.4 Å². The molecule has 0 aliphatic carbocycles. The summed E-state index contributed by atoms with van der Waals surface area (Å²) in [5, 5.41) is 0. The van der Waals surface area contributed by atoms with Crippen molar-refractivity contribution in [1.29, 1.82) is 0 Å². The van der Waals surface area contributed by atoms with Gasteiger partial charge in [-0.05, 0) is 43.3 Å². The quantitative estimate of drug-likeness (QED) is 0.877. The molecule has 18 heavy (non-hydrogen) atoms. The Bertz CT molecular complexity index is 472. The van der Waals surface area contributed by atoms with Crippen LogP contribution < -0.4 is 10.6 Å². The third kappa shape index (κ3) is 3.01. The second-order valence-electron chi connectivity index (χ2n) is 3.84. The molecule has 1 aromatic heterocycles. The van der Waals surface area contributed by atoms with Gasteiger partial charge in [0.1, 0.15) is 18.0 Å². The molecule has 0 saturated carbocycles. The van der Waals surface area contributed by atoms with E-state index in [1.165, 1.54) is 18.5 Å². The van der Waals surface area contributed by atoms with Crippen molar-refractivity contribution in [3.8, 4) is 0 Å². The van der Waals surface area contributed by atoms with Crippen molar-refractivity contribution in [3.63, 3.8) is 0 Å². The Morgan fingerprint density at radius 2 is 1.94 bits per heavy atom. The maximum absolute atomic E-state index is 12.9. The summed E-state index contributed by atoms with van der Waals surface area (Å²) >= 11 is 0. The predicted octanol–water partition coefficient (Wildman–Crippen LogP) is 2.10. The lowest BCUT2D eigenvalue weighted by Gasteiger charge is -2.23. The third-order valence-corrected chi connectivity index (χ3v) is 2.57. The first-order valence-electron chi connectivity index (χ1n) is 5.80. The van der Waals surface area contributed by atoms with Crippen LogP contribution in [0.1, 0.15) is 6.42 Å². The molecular formula is C13H15FN4. The monoisotopic (exact) mass is 246 g/mol. The molecule has 0 bridgehead atoms. The van der Waals surface area contributed by atoms with Gasteiger partial charge in [0.05, 0.1) is 0 Å². The summed E-state index contributed by atoms with van der Waals surface area (Å²) in [6, 6.07) is 8.15. The first kappa shape index (κ1) is 12.4. The van der Waals surface area contributed by atoms with E-state index in [4.69, 9.17) is 5.73 Å². The maximum atomic E-state index is 12.9. The molecule has 0 atom stereocenters. The van der Waals surface area contributed by atoms with E-state index < -0.39 is 0 Å². The number of hydrogen-bond donors (Lipinski definition) is 1. The average molecular weight is 246 g/mol. The van der Waals surface area contributed by atoms with E-state index in [9.17, 15) is 4.39 Å². The first-order valence-corrected chi connectivity index (χ1v) is 5.80. The minimum absolute atomic E-state index is 0.250. The number of benzene rings is 1. The maximum Gasteiger partial charge on any atom is 0.136 e. The largest absolute Gasteiger partial charge is 0.330 e. The van der Waals surface area contributed by atoms with E-state index in [2.05, 4.69) is 9.97 Å². The highest BCUT2D eigenvalue weighted by Gasteiger charge is 2.09. The highest BCUT2D eigenvalue weighted by Crippen LogP contribution is 2.23. The van der Waals surface area contributed by atoms with E-state index in [0.717, 1.165) is 24.5 Å². The molecule has 1 heterocycles. The molecule has 0 aliphatic heterocycles. The highest BCUT2D eigenvalue weighted by molar-refractivity contribution is 5.59. The molecule has 5 heteroatoms. The van der Waals surface area contributed by atoms with Crippen molar-refractivity contribution in [2.75, 3.05) is 18.0 Å². The lowest BCUT2D eigenvalue weighted by Crippen LogP contribution is -2.21. The van der Waals surface area contributed by atoms with E-state index in [1.807, 2.05) is 11.0 Å². The molecule has 0 unspecified atom stereocenters. The fraction of sp³-hybridized carbons (Fsp3) is 0.231. The standard InChI is InChI=1S/C13H15FN4/c14-11-2-4-12(5-3-11)18(9-1-7-15)13-6-8-16-10-17-13/h2-6,8,10H,1,7,9,15H2. The molecule has 1 aromatic carbocycles. The molecule has 0 amide bonds. The lowest BCUT2D eigenvalue weighted by molar-refractivity contribution is 0.627. The molecule has 2 aromatic rings. The van der Waals surface area contributed by atoms with Gasteiger partial charge in [-0.1, -0.05) is 0 Å². The normalized spacial score (nSPS) is 10.3. The van der Waals surface area contributed by atoms with Crippen LogP contribution in [0.5, 0.6) is 0 Å². The summed E-state index contributed by atoms with van der Waals surface area (Å²) in [5.41, 5.74) is 6.43. The second-order valence-corrected chi connectivity index (χ2v) is 3.84. The van der Waals surface area contributed by atoms with E-state index >= 15 is 0 Å². The summed E-state index contributed by atoms with van der Waals surface area (Å²) < 4.78 is 12.9. The summed E-state index contributed by atoms with van der Waals surface area (Å²) in [7, 11) is 0. The SMILES string of the molecule is NCCCN(c1ccc(F)cc1)c1ccncn1. The molecule has 2 rings (SSSR count). The minimum atomic E-state index is -0.250. The Kier molecular flexibility index (Phi) is 4.20. The molecule has 0 saturated heterocycles. The lowest BCUT2D eigenvalue weighted by atomic mass is 10.2. The van der Waals surface area contributed by atoms with Crippen LogP contribution in [0.3, 0.4) is 0 Å².